The number of nitrogens with two attached hydrogens (primary N) is 1. The zero-order valence-corrected chi connectivity index (χ0v) is 10.5. The van der Waals surface area contributed by atoms with E-state index in [9.17, 15) is 22.0 Å². The van der Waals surface area contributed by atoms with Gasteiger partial charge in [0.25, 0.3) is 0 Å². The molecule has 2 unspecified atom stereocenters. The molecular formula is C12H15F5N2. The zero-order chi connectivity index (χ0) is 14.7. The number of hydrogen-bond donors (Lipinski definition) is 2. The van der Waals surface area contributed by atoms with Crippen molar-refractivity contribution in [1.29, 1.82) is 0 Å². The molecule has 0 amide bonds. The molecule has 0 aliphatic rings. The van der Waals surface area contributed by atoms with E-state index in [0.29, 0.717) is 12.8 Å². The molecule has 1 aromatic rings. The molecule has 0 aliphatic carbocycles. The minimum Gasteiger partial charge on any atom is -0.271 e. The van der Waals surface area contributed by atoms with Crippen molar-refractivity contribution in [1.82, 2.24) is 5.43 Å². The zero-order valence-electron chi connectivity index (χ0n) is 10.5. The number of benzene rings is 1. The Kier molecular flexibility index (Phi) is 5.25. The minimum absolute atomic E-state index is 0.386. The van der Waals surface area contributed by atoms with Crippen LogP contribution in [0.4, 0.5) is 22.0 Å². The first-order valence-corrected chi connectivity index (χ1v) is 5.84. The lowest BCUT2D eigenvalue weighted by atomic mass is 9.90. The molecule has 0 aliphatic heterocycles. The predicted octanol–water partition coefficient (Wildman–Crippen LogP) is 3.32. The second-order valence-electron chi connectivity index (χ2n) is 4.39. The quantitative estimate of drug-likeness (QED) is 0.286. The molecule has 0 fully saturated rings. The highest BCUT2D eigenvalue weighted by Crippen LogP contribution is 2.32. The Hall–Kier alpha value is -1.21. The van der Waals surface area contributed by atoms with Crippen LogP contribution in [-0.2, 0) is 0 Å². The average Bonchev–Trinajstić information content (AvgIpc) is 2.39. The average molecular weight is 282 g/mol. The smallest absolute Gasteiger partial charge is 0.200 e. The molecule has 0 aromatic heterocycles. The molecule has 0 bridgehead atoms. The van der Waals surface area contributed by atoms with Gasteiger partial charge in [0.1, 0.15) is 0 Å². The Morgan fingerprint density at radius 2 is 1.37 bits per heavy atom. The van der Waals surface area contributed by atoms with Crippen LogP contribution in [0.5, 0.6) is 0 Å². The Bertz CT molecular complexity index is 435. The van der Waals surface area contributed by atoms with Crippen LogP contribution in [0.1, 0.15) is 38.3 Å². The summed E-state index contributed by atoms with van der Waals surface area (Å²) in [6.45, 7) is 3.45. The maximum absolute atomic E-state index is 13.6. The molecule has 0 saturated carbocycles. The fraction of sp³-hybridized carbons (Fsp3) is 0.500. The second-order valence-corrected chi connectivity index (χ2v) is 4.39. The summed E-state index contributed by atoms with van der Waals surface area (Å²) in [5.41, 5.74) is 1.21. The molecule has 0 spiro atoms. The normalized spacial score (nSPS) is 14.5. The van der Waals surface area contributed by atoms with Gasteiger partial charge in [-0.15, -0.1) is 0 Å². The molecule has 3 N–H and O–H groups in total. The topological polar surface area (TPSA) is 38.0 Å². The van der Waals surface area contributed by atoms with Crippen molar-refractivity contribution in [2.75, 3.05) is 0 Å². The van der Waals surface area contributed by atoms with Crippen LogP contribution in [-0.4, -0.2) is 0 Å². The van der Waals surface area contributed by atoms with Crippen molar-refractivity contribution in [2.24, 2.45) is 11.8 Å². The number of halogens is 5. The van der Waals surface area contributed by atoms with Crippen LogP contribution in [0.2, 0.25) is 0 Å². The Labute approximate surface area is 107 Å². The van der Waals surface area contributed by atoms with Crippen molar-refractivity contribution < 1.29 is 22.0 Å². The van der Waals surface area contributed by atoms with Gasteiger partial charge in [0.05, 0.1) is 6.04 Å². The van der Waals surface area contributed by atoms with Crippen molar-refractivity contribution in [3.05, 3.63) is 34.6 Å². The van der Waals surface area contributed by atoms with Crippen LogP contribution in [0.25, 0.3) is 0 Å². The third-order valence-electron chi connectivity index (χ3n) is 3.05. The molecule has 0 radical (unpaired) electrons. The lowest BCUT2D eigenvalue weighted by molar-refractivity contribution is 0.315. The van der Waals surface area contributed by atoms with Gasteiger partial charge in [-0.05, 0) is 12.3 Å². The second kappa shape index (κ2) is 6.29. The molecule has 2 atom stereocenters. The van der Waals surface area contributed by atoms with Crippen LogP contribution >= 0.6 is 0 Å². The van der Waals surface area contributed by atoms with Crippen LogP contribution < -0.4 is 11.3 Å². The Morgan fingerprint density at radius 3 is 1.74 bits per heavy atom. The molecule has 19 heavy (non-hydrogen) atoms. The largest absolute Gasteiger partial charge is 0.271 e. The third-order valence-corrected chi connectivity index (χ3v) is 3.05. The minimum atomic E-state index is -2.17. The van der Waals surface area contributed by atoms with Gasteiger partial charge in [0.15, 0.2) is 23.3 Å². The predicted molar refractivity (Wildman–Crippen MR) is 60.4 cm³/mol. The Morgan fingerprint density at radius 1 is 0.947 bits per heavy atom. The van der Waals surface area contributed by atoms with Crippen molar-refractivity contribution in [3.8, 4) is 0 Å². The molecule has 2 nitrogen and oxygen atoms in total. The van der Waals surface area contributed by atoms with Gasteiger partial charge < -0.3 is 0 Å². The third kappa shape index (κ3) is 2.87. The van der Waals surface area contributed by atoms with Gasteiger partial charge >= 0.3 is 0 Å². The first-order chi connectivity index (χ1) is 8.86. The standard InChI is InChI=1S/C12H15F5N2/c1-3-4-5(2)12(19-18)6-7(13)9(15)11(17)10(16)8(6)14/h5,12,19H,3-4,18H2,1-2H3. The molecule has 0 saturated heterocycles. The highest BCUT2D eigenvalue weighted by atomic mass is 19.2. The first kappa shape index (κ1) is 15.8. The van der Waals surface area contributed by atoms with E-state index in [2.05, 4.69) is 5.43 Å². The highest BCUT2D eigenvalue weighted by molar-refractivity contribution is 5.27. The van der Waals surface area contributed by atoms with Gasteiger partial charge in [0, 0.05) is 5.56 Å². The highest BCUT2D eigenvalue weighted by Gasteiger charge is 2.32. The molecule has 1 rings (SSSR count). The van der Waals surface area contributed by atoms with Gasteiger partial charge in [-0.3, -0.25) is 11.3 Å². The fourth-order valence-corrected chi connectivity index (χ4v) is 2.05. The monoisotopic (exact) mass is 282 g/mol. The lowest BCUT2D eigenvalue weighted by Gasteiger charge is -2.24. The van der Waals surface area contributed by atoms with Gasteiger partial charge in [-0.2, -0.15) is 0 Å². The van der Waals surface area contributed by atoms with Gasteiger partial charge in [-0.25, -0.2) is 22.0 Å². The lowest BCUT2D eigenvalue weighted by Crippen LogP contribution is -2.34. The van der Waals surface area contributed by atoms with Gasteiger partial charge in [0.2, 0.25) is 5.82 Å². The summed E-state index contributed by atoms with van der Waals surface area (Å²) in [6.07, 6.45) is 1.21. The van der Waals surface area contributed by atoms with Crippen LogP contribution in [0, 0.1) is 35.0 Å². The van der Waals surface area contributed by atoms with E-state index in [4.69, 9.17) is 5.84 Å². The maximum atomic E-state index is 13.6. The van der Waals surface area contributed by atoms with Gasteiger partial charge in [-0.1, -0.05) is 20.3 Å². The van der Waals surface area contributed by atoms with E-state index >= 15 is 0 Å². The van der Waals surface area contributed by atoms with Crippen LogP contribution in [0.15, 0.2) is 0 Å². The molecular weight excluding hydrogens is 267 g/mol. The summed E-state index contributed by atoms with van der Waals surface area (Å²) in [6, 6.07) is -1.15. The van der Waals surface area contributed by atoms with Crippen molar-refractivity contribution in [3.63, 3.8) is 0 Å². The maximum Gasteiger partial charge on any atom is 0.200 e. The van der Waals surface area contributed by atoms with E-state index < -0.39 is 40.7 Å². The van der Waals surface area contributed by atoms with E-state index in [1.165, 1.54) is 0 Å². The molecule has 108 valence electrons. The van der Waals surface area contributed by atoms with E-state index in [1.54, 1.807) is 6.92 Å². The SMILES string of the molecule is CCCC(C)C(NN)c1c(F)c(F)c(F)c(F)c1F. The molecule has 0 heterocycles. The molecule has 1 aromatic carbocycles. The summed E-state index contributed by atoms with van der Waals surface area (Å²) in [5, 5.41) is 0. The van der Waals surface area contributed by atoms with Crippen molar-refractivity contribution >= 4 is 0 Å². The van der Waals surface area contributed by atoms with E-state index in [1.807, 2.05) is 6.92 Å². The number of nitrogens with one attached hydrogen (secondary N) is 1. The summed E-state index contributed by atoms with van der Waals surface area (Å²) in [5.74, 6) is -4.98. The summed E-state index contributed by atoms with van der Waals surface area (Å²) in [4.78, 5) is 0. The summed E-state index contributed by atoms with van der Waals surface area (Å²) >= 11 is 0. The number of hydrogen-bond acceptors (Lipinski definition) is 2. The van der Waals surface area contributed by atoms with E-state index in [-0.39, 0.29) is 5.92 Å². The molecule has 7 heteroatoms. The number of hydrazine groups is 1. The summed E-state index contributed by atoms with van der Waals surface area (Å²) in [7, 11) is 0. The Balaban J connectivity index is 3.40. The number of rotatable bonds is 5. The summed E-state index contributed by atoms with van der Waals surface area (Å²) < 4.78 is 66.4. The first-order valence-electron chi connectivity index (χ1n) is 5.84. The van der Waals surface area contributed by atoms with Crippen molar-refractivity contribution in [2.45, 2.75) is 32.7 Å². The fourth-order valence-electron chi connectivity index (χ4n) is 2.05. The van der Waals surface area contributed by atoms with E-state index in [0.717, 1.165) is 0 Å². The van der Waals surface area contributed by atoms with Crippen LogP contribution in [0.3, 0.4) is 0 Å².